The summed E-state index contributed by atoms with van der Waals surface area (Å²) >= 11 is 1.70. The zero-order valence-corrected chi connectivity index (χ0v) is 11.5. The highest BCUT2D eigenvalue weighted by Crippen LogP contribution is 2.21. The molecule has 1 aromatic rings. The van der Waals surface area contributed by atoms with E-state index in [1.54, 1.807) is 11.9 Å². The van der Waals surface area contributed by atoms with Crippen molar-refractivity contribution in [2.24, 2.45) is 0 Å². The van der Waals surface area contributed by atoms with Gasteiger partial charge in [-0.25, -0.2) is 0 Å². The number of hydrogen-bond acceptors (Lipinski definition) is 4. The molecule has 4 heteroatoms. The molecule has 0 bridgehead atoms. The van der Waals surface area contributed by atoms with Gasteiger partial charge in [0.05, 0.1) is 0 Å². The van der Waals surface area contributed by atoms with Crippen LogP contribution in [-0.2, 0) is 6.54 Å². The van der Waals surface area contributed by atoms with E-state index in [1.165, 1.54) is 36.6 Å². The lowest BCUT2D eigenvalue weighted by atomic mass is 10.2. The first kappa shape index (κ1) is 12.9. The average molecular weight is 251 g/mol. The number of benzene rings is 1. The second-order valence-corrected chi connectivity index (χ2v) is 5.55. The maximum atomic E-state index is 3.16. The lowest BCUT2D eigenvalue weighted by Gasteiger charge is -2.32. The highest BCUT2D eigenvalue weighted by Gasteiger charge is 2.14. The third-order valence-corrected chi connectivity index (χ3v) is 4.00. The number of piperazine rings is 1. The number of likely N-dealkylation sites (N-methyl/N-ethyl adjacent to an activating group) is 1. The molecule has 3 nitrogen and oxygen atoms in total. The van der Waals surface area contributed by atoms with Crippen LogP contribution in [0.5, 0.6) is 0 Å². The Morgan fingerprint density at radius 1 is 1.18 bits per heavy atom. The Balaban J connectivity index is 1.98. The van der Waals surface area contributed by atoms with Gasteiger partial charge in [-0.15, -0.1) is 0 Å². The minimum atomic E-state index is 1.07. The Morgan fingerprint density at radius 3 is 2.59 bits per heavy atom. The third-order valence-electron chi connectivity index (χ3n) is 3.17. The molecule has 1 saturated heterocycles. The van der Waals surface area contributed by atoms with Gasteiger partial charge in [-0.1, -0.05) is 18.2 Å². The number of rotatable bonds is 4. The van der Waals surface area contributed by atoms with Crippen molar-refractivity contribution in [3.63, 3.8) is 0 Å². The molecule has 1 aliphatic heterocycles. The van der Waals surface area contributed by atoms with Gasteiger partial charge in [0.15, 0.2) is 0 Å². The van der Waals surface area contributed by atoms with E-state index in [4.69, 9.17) is 0 Å². The van der Waals surface area contributed by atoms with Crippen LogP contribution in [0.25, 0.3) is 0 Å². The molecule has 1 N–H and O–H groups in total. The van der Waals surface area contributed by atoms with Gasteiger partial charge in [0.2, 0.25) is 0 Å². The van der Waals surface area contributed by atoms with Crippen molar-refractivity contribution in [2.45, 2.75) is 11.4 Å². The highest BCUT2D eigenvalue weighted by atomic mass is 32.2. The van der Waals surface area contributed by atoms with E-state index in [-0.39, 0.29) is 0 Å². The maximum Gasteiger partial charge on any atom is 0.0273 e. The Bertz CT molecular complexity index is 348. The average Bonchev–Trinajstić information content (AvgIpc) is 2.35. The maximum absolute atomic E-state index is 3.16. The first-order chi connectivity index (χ1) is 8.29. The van der Waals surface area contributed by atoms with Crippen LogP contribution < -0.4 is 4.72 Å². The van der Waals surface area contributed by atoms with Gasteiger partial charge in [0, 0.05) is 37.6 Å². The van der Waals surface area contributed by atoms with Crippen molar-refractivity contribution in [3.05, 3.63) is 29.8 Å². The minimum Gasteiger partial charge on any atom is -0.304 e. The molecular weight excluding hydrogens is 230 g/mol. The monoisotopic (exact) mass is 251 g/mol. The lowest BCUT2D eigenvalue weighted by molar-refractivity contribution is 0.147. The van der Waals surface area contributed by atoms with E-state index in [0.29, 0.717) is 0 Å². The van der Waals surface area contributed by atoms with E-state index in [9.17, 15) is 0 Å². The van der Waals surface area contributed by atoms with Gasteiger partial charge in [-0.05, 0) is 37.7 Å². The van der Waals surface area contributed by atoms with Crippen LogP contribution >= 0.6 is 11.9 Å². The fourth-order valence-corrected chi connectivity index (χ4v) is 2.72. The van der Waals surface area contributed by atoms with Gasteiger partial charge in [-0.2, -0.15) is 0 Å². The van der Waals surface area contributed by atoms with Crippen LogP contribution in [0.3, 0.4) is 0 Å². The molecule has 1 aliphatic rings. The lowest BCUT2D eigenvalue weighted by Crippen LogP contribution is -2.43. The largest absolute Gasteiger partial charge is 0.304 e. The summed E-state index contributed by atoms with van der Waals surface area (Å²) in [5.41, 5.74) is 1.43. The van der Waals surface area contributed by atoms with E-state index < -0.39 is 0 Å². The van der Waals surface area contributed by atoms with Gasteiger partial charge < -0.3 is 4.90 Å². The summed E-state index contributed by atoms with van der Waals surface area (Å²) in [7, 11) is 4.17. The summed E-state index contributed by atoms with van der Waals surface area (Å²) in [5.74, 6) is 0. The summed E-state index contributed by atoms with van der Waals surface area (Å²) < 4.78 is 3.16. The predicted octanol–water partition coefficient (Wildman–Crippen LogP) is 1.66. The standard InChI is InChI=1S/C13H21N3S/c1-14-17-13-6-4-3-5-12(13)11-16-9-7-15(2)8-10-16/h3-6,14H,7-11H2,1-2H3. The molecule has 0 spiro atoms. The zero-order chi connectivity index (χ0) is 12.1. The second-order valence-electron chi connectivity index (χ2n) is 4.49. The van der Waals surface area contributed by atoms with Crippen LogP contribution in [0.15, 0.2) is 29.2 Å². The van der Waals surface area contributed by atoms with E-state index in [1.807, 2.05) is 7.05 Å². The predicted molar refractivity (Wildman–Crippen MR) is 74.1 cm³/mol. The van der Waals surface area contributed by atoms with Gasteiger partial charge in [-0.3, -0.25) is 9.62 Å². The Hall–Kier alpha value is -0.550. The summed E-state index contributed by atoms with van der Waals surface area (Å²) in [4.78, 5) is 6.27. The number of hydrogen-bond donors (Lipinski definition) is 1. The molecule has 1 aromatic carbocycles. The fourth-order valence-electron chi connectivity index (χ4n) is 2.09. The first-order valence-electron chi connectivity index (χ1n) is 6.12. The quantitative estimate of drug-likeness (QED) is 0.820. The van der Waals surface area contributed by atoms with Crippen LogP contribution in [0.4, 0.5) is 0 Å². The molecule has 0 aliphatic carbocycles. The normalized spacial score (nSPS) is 18.5. The van der Waals surface area contributed by atoms with Crippen LogP contribution in [0, 0.1) is 0 Å². The second kappa shape index (κ2) is 6.40. The molecule has 0 unspecified atom stereocenters. The van der Waals surface area contributed by atoms with E-state index >= 15 is 0 Å². The molecule has 0 radical (unpaired) electrons. The molecule has 0 aromatic heterocycles. The molecule has 17 heavy (non-hydrogen) atoms. The topological polar surface area (TPSA) is 18.5 Å². The summed E-state index contributed by atoms with van der Waals surface area (Å²) in [6, 6.07) is 8.66. The molecule has 1 fully saturated rings. The van der Waals surface area contributed by atoms with Gasteiger partial charge in [0.25, 0.3) is 0 Å². The smallest absolute Gasteiger partial charge is 0.0273 e. The molecule has 0 amide bonds. The van der Waals surface area contributed by atoms with Crippen molar-refractivity contribution in [1.29, 1.82) is 0 Å². The van der Waals surface area contributed by atoms with Gasteiger partial charge >= 0.3 is 0 Å². The molecular formula is C13H21N3S. The Kier molecular flexibility index (Phi) is 4.86. The molecule has 2 rings (SSSR count). The molecule has 1 heterocycles. The third kappa shape index (κ3) is 3.71. The molecule has 0 atom stereocenters. The van der Waals surface area contributed by atoms with E-state index in [0.717, 1.165) is 6.54 Å². The van der Waals surface area contributed by atoms with Gasteiger partial charge in [0.1, 0.15) is 0 Å². The SMILES string of the molecule is CNSc1ccccc1CN1CCN(C)CC1. The summed E-state index contributed by atoms with van der Waals surface area (Å²) in [5, 5.41) is 0. The van der Waals surface area contributed by atoms with Crippen molar-refractivity contribution >= 4 is 11.9 Å². The number of nitrogens with one attached hydrogen (secondary N) is 1. The van der Waals surface area contributed by atoms with Crippen LogP contribution in [0.2, 0.25) is 0 Å². The molecule has 0 saturated carbocycles. The van der Waals surface area contributed by atoms with Crippen molar-refractivity contribution < 1.29 is 0 Å². The Morgan fingerprint density at radius 2 is 1.88 bits per heavy atom. The first-order valence-corrected chi connectivity index (χ1v) is 6.93. The van der Waals surface area contributed by atoms with Crippen LogP contribution in [-0.4, -0.2) is 50.1 Å². The minimum absolute atomic E-state index is 1.07. The number of nitrogens with zero attached hydrogens (tertiary/aromatic N) is 2. The van der Waals surface area contributed by atoms with Crippen molar-refractivity contribution in [1.82, 2.24) is 14.5 Å². The van der Waals surface area contributed by atoms with E-state index in [2.05, 4.69) is 45.8 Å². The fraction of sp³-hybridized carbons (Fsp3) is 0.538. The molecule has 94 valence electrons. The summed E-state index contributed by atoms with van der Waals surface area (Å²) in [6.07, 6.45) is 0. The van der Waals surface area contributed by atoms with Crippen molar-refractivity contribution in [2.75, 3.05) is 40.3 Å². The highest BCUT2D eigenvalue weighted by molar-refractivity contribution is 7.97. The summed E-state index contributed by atoms with van der Waals surface area (Å²) in [6.45, 7) is 5.78. The zero-order valence-electron chi connectivity index (χ0n) is 10.6. The Labute approximate surface area is 108 Å². The van der Waals surface area contributed by atoms with Crippen molar-refractivity contribution in [3.8, 4) is 0 Å². The van der Waals surface area contributed by atoms with Crippen LogP contribution in [0.1, 0.15) is 5.56 Å².